The Morgan fingerprint density at radius 1 is 1.24 bits per heavy atom. The van der Waals surface area contributed by atoms with Gasteiger partial charge in [-0.3, -0.25) is 4.79 Å². The third-order valence-corrected chi connectivity index (χ3v) is 4.33. The number of esters is 1. The second-order valence-electron chi connectivity index (χ2n) is 6.05. The molecule has 0 aromatic rings. The summed E-state index contributed by atoms with van der Waals surface area (Å²) in [6, 6.07) is 0. The minimum Gasteiger partial charge on any atom is -0.465 e. The molecule has 0 radical (unpaired) electrons. The first-order valence-electron chi connectivity index (χ1n) is 7.92. The summed E-state index contributed by atoms with van der Waals surface area (Å²) >= 11 is 1.46. The first-order valence-corrected chi connectivity index (χ1v) is 8.97. The number of hydrogen-bond acceptors (Lipinski definition) is 3. The van der Waals surface area contributed by atoms with Crippen molar-refractivity contribution in [3.05, 3.63) is 0 Å². The van der Waals surface area contributed by atoms with Crippen molar-refractivity contribution in [2.24, 2.45) is 5.92 Å². The van der Waals surface area contributed by atoms with E-state index in [0.717, 1.165) is 32.6 Å². The molecule has 0 bridgehead atoms. The van der Waals surface area contributed by atoms with Crippen LogP contribution in [0.2, 0.25) is 0 Å². The summed E-state index contributed by atoms with van der Waals surface area (Å²) < 4.78 is 30.8. The molecule has 0 aromatic heterocycles. The summed E-state index contributed by atoms with van der Waals surface area (Å²) in [6.45, 7) is 7.47. The van der Waals surface area contributed by atoms with Crippen LogP contribution in [0.5, 0.6) is 0 Å². The zero-order chi connectivity index (χ0) is 16.3. The van der Waals surface area contributed by atoms with Crippen molar-refractivity contribution in [1.82, 2.24) is 0 Å². The fourth-order valence-corrected chi connectivity index (χ4v) is 2.93. The quantitative estimate of drug-likeness (QED) is 0.360. The van der Waals surface area contributed by atoms with E-state index in [9.17, 15) is 13.6 Å². The van der Waals surface area contributed by atoms with E-state index in [-0.39, 0.29) is 17.6 Å². The molecule has 0 fully saturated rings. The SMILES string of the molecule is CCCCCC(SCCCC(C)(F)F)C(=O)OCC(C)C. The average molecular weight is 324 g/mol. The number of unbranched alkanes of at least 4 members (excludes halogenated alkanes) is 2. The Bertz CT molecular complexity index is 278. The third kappa shape index (κ3) is 13.1. The molecule has 0 aliphatic rings. The summed E-state index contributed by atoms with van der Waals surface area (Å²) in [6.07, 6.45) is 4.24. The maximum absolute atomic E-state index is 12.8. The number of hydrogen-bond donors (Lipinski definition) is 0. The molecule has 126 valence electrons. The molecule has 0 heterocycles. The van der Waals surface area contributed by atoms with Gasteiger partial charge in [-0.25, -0.2) is 8.78 Å². The van der Waals surface area contributed by atoms with E-state index in [1.165, 1.54) is 11.8 Å². The Labute approximate surface area is 132 Å². The molecule has 0 saturated heterocycles. The van der Waals surface area contributed by atoms with Crippen LogP contribution in [0, 0.1) is 5.92 Å². The molecule has 1 unspecified atom stereocenters. The van der Waals surface area contributed by atoms with Crippen LogP contribution in [0.25, 0.3) is 0 Å². The van der Waals surface area contributed by atoms with E-state index in [2.05, 4.69) is 6.92 Å². The summed E-state index contributed by atoms with van der Waals surface area (Å²) in [4.78, 5) is 12.0. The Kier molecular flexibility index (Phi) is 11.1. The first-order chi connectivity index (χ1) is 9.76. The lowest BCUT2D eigenvalue weighted by Gasteiger charge is -2.17. The van der Waals surface area contributed by atoms with Gasteiger partial charge in [0.2, 0.25) is 5.92 Å². The van der Waals surface area contributed by atoms with Gasteiger partial charge in [-0.05, 0) is 31.4 Å². The van der Waals surface area contributed by atoms with Gasteiger partial charge in [0.05, 0.1) is 6.61 Å². The van der Waals surface area contributed by atoms with Crippen LogP contribution in [-0.2, 0) is 9.53 Å². The molecule has 0 N–H and O–H groups in total. The van der Waals surface area contributed by atoms with E-state index >= 15 is 0 Å². The Hall–Kier alpha value is -0.320. The second kappa shape index (κ2) is 11.3. The first kappa shape index (κ1) is 20.7. The number of alkyl halides is 2. The maximum atomic E-state index is 12.8. The minimum absolute atomic E-state index is 0.122. The van der Waals surface area contributed by atoms with Crippen molar-refractivity contribution in [3.8, 4) is 0 Å². The lowest BCUT2D eigenvalue weighted by Crippen LogP contribution is -2.23. The van der Waals surface area contributed by atoms with Gasteiger partial charge in [0, 0.05) is 6.42 Å². The molecule has 0 spiro atoms. The molecule has 1 atom stereocenters. The molecule has 2 nitrogen and oxygen atoms in total. The van der Waals surface area contributed by atoms with Gasteiger partial charge < -0.3 is 4.74 Å². The lowest BCUT2D eigenvalue weighted by molar-refractivity contribution is -0.144. The molecule has 0 rings (SSSR count). The van der Waals surface area contributed by atoms with Crippen molar-refractivity contribution >= 4 is 17.7 Å². The van der Waals surface area contributed by atoms with Crippen LogP contribution >= 0.6 is 11.8 Å². The maximum Gasteiger partial charge on any atom is 0.319 e. The second-order valence-corrected chi connectivity index (χ2v) is 7.36. The van der Waals surface area contributed by atoms with Crippen molar-refractivity contribution < 1.29 is 18.3 Å². The summed E-state index contributed by atoms with van der Waals surface area (Å²) in [7, 11) is 0. The molecule has 21 heavy (non-hydrogen) atoms. The van der Waals surface area contributed by atoms with Gasteiger partial charge in [0.15, 0.2) is 0 Å². The van der Waals surface area contributed by atoms with Crippen LogP contribution in [-0.4, -0.2) is 29.5 Å². The van der Waals surface area contributed by atoms with E-state index in [4.69, 9.17) is 4.74 Å². The van der Waals surface area contributed by atoms with Crippen LogP contribution in [0.15, 0.2) is 0 Å². The lowest BCUT2D eigenvalue weighted by atomic mass is 10.1. The Morgan fingerprint density at radius 3 is 2.43 bits per heavy atom. The number of rotatable bonds is 12. The fraction of sp³-hybridized carbons (Fsp3) is 0.938. The van der Waals surface area contributed by atoms with Crippen LogP contribution < -0.4 is 0 Å². The van der Waals surface area contributed by atoms with E-state index in [0.29, 0.717) is 24.7 Å². The van der Waals surface area contributed by atoms with E-state index < -0.39 is 5.92 Å². The molecule has 0 amide bonds. The predicted octanol–water partition coefficient (Wildman–Crippen LogP) is 5.30. The van der Waals surface area contributed by atoms with Gasteiger partial charge in [0.25, 0.3) is 0 Å². The van der Waals surface area contributed by atoms with Gasteiger partial charge in [-0.15, -0.1) is 11.8 Å². The normalized spacial score (nSPS) is 13.5. The highest BCUT2D eigenvalue weighted by molar-refractivity contribution is 8.00. The number of ether oxygens (including phenoxy) is 1. The number of thioether (sulfide) groups is 1. The Balaban J connectivity index is 4.15. The summed E-state index contributed by atoms with van der Waals surface area (Å²) in [5.41, 5.74) is 0. The van der Waals surface area contributed by atoms with Crippen LogP contribution in [0.3, 0.4) is 0 Å². The molecular weight excluding hydrogens is 294 g/mol. The van der Waals surface area contributed by atoms with Gasteiger partial charge in [0.1, 0.15) is 5.25 Å². The molecule has 0 aliphatic heterocycles. The standard InChI is InChI=1S/C16H30F2O2S/c1-5-6-7-9-14(15(19)20-12-13(2)3)21-11-8-10-16(4,17)18/h13-14H,5-12H2,1-4H3. The van der Waals surface area contributed by atoms with Crippen LogP contribution in [0.4, 0.5) is 8.78 Å². The number of carbonyl (C=O) groups is 1. The van der Waals surface area contributed by atoms with E-state index in [1.807, 2.05) is 13.8 Å². The van der Waals surface area contributed by atoms with Crippen molar-refractivity contribution in [2.75, 3.05) is 12.4 Å². The van der Waals surface area contributed by atoms with Gasteiger partial charge in [-0.1, -0.05) is 40.0 Å². The largest absolute Gasteiger partial charge is 0.465 e. The van der Waals surface area contributed by atoms with Crippen molar-refractivity contribution in [3.63, 3.8) is 0 Å². The number of halogens is 2. The molecule has 0 aromatic carbocycles. The molecular formula is C16H30F2O2S. The highest BCUT2D eigenvalue weighted by Gasteiger charge is 2.23. The predicted molar refractivity (Wildman–Crippen MR) is 86.0 cm³/mol. The molecule has 0 saturated carbocycles. The van der Waals surface area contributed by atoms with Crippen molar-refractivity contribution in [2.45, 2.75) is 77.4 Å². The fourth-order valence-electron chi connectivity index (χ4n) is 1.80. The van der Waals surface area contributed by atoms with E-state index in [1.54, 1.807) is 0 Å². The van der Waals surface area contributed by atoms with Crippen molar-refractivity contribution in [1.29, 1.82) is 0 Å². The zero-order valence-corrected chi connectivity index (χ0v) is 14.6. The van der Waals surface area contributed by atoms with Gasteiger partial charge in [-0.2, -0.15) is 0 Å². The van der Waals surface area contributed by atoms with Gasteiger partial charge >= 0.3 is 5.97 Å². The topological polar surface area (TPSA) is 26.3 Å². The Morgan fingerprint density at radius 2 is 1.90 bits per heavy atom. The smallest absolute Gasteiger partial charge is 0.319 e. The molecule has 0 aliphatic carbocycles. The monoisotopic (exact) mass is 324 g/mol. The molecule has 5 heteroatoms. The highest BCUT2D eigenvalue weighted by Crippen LogP contribution is 2.24. The summed E-state index contributed by atoms with van der Waals surface area (Å²) in [5.74, 6) is -1.91. The number of carbonyl (C=O) groups excluding carboxylic acids is 1. The minimum atomic E-state index is -2.61. The highest BCUT2D eigenvalue weighted by atomic mass is 32.2. The average Bonchev–Trinajstić information content (AvgIpc) is 2.37. The summed E-state index contributed by atoms with van der Waals surface area (Å²) in [5, 5.41) is -0.208. The zero-order valence-electron chi connectivity index (χ0n) is 13.8. The van der Waals surface area contributed by atoms with Crippen LogP contribution in [0.1, 0.15) is 66.2 Å². The third-order valence-electron chi connectivity index (χ3n) is 2.97.